The molecule has 16 heavy (non-hydrogen) atoms. The van der Waals surface area contributed by atoms with Gasteiger partial charge in [-0.1, -0.05) is 6.07 Å². The van der Waals surface area contributed by atoms with Crippen molar-refractivity contribution in [2.24, 2.45) is 0 Å². The van der Waals surface area contributed by atoms with Gasteiger partial charge in [0, 0.05) is 0 Å². The first-order valence-corrected chi connectivity index (χ1v) is 5.91. The van der Waals surface area contributed by atoms with E-state index in [1.807, 2.05) is 0 Å². The van der Waals surface area contributed by atoms with Crippen molar-refractivity contribution in [3.8, 4) is 0 Å². The molecule has 0 bridgehead atoms. The predicted molar refractivity (Wildman–Crippen MR) is 49.1 cm³/mol. The number of hydrogen-bond acceptors (Lipinski definition) is 2. The first kappa shape index (κ1) is 13.0. The van der Waals surface area contributed by atoms with Gasteiger partial charge in [-0.15, -0.1) is 0 Å². The van der Waals surface area contributed by atoms with E-state index in [9.17, 15) is 26.0 Å². The topological polar surface area (TPSA) is 34.1 Å². The van der Waals surface area contributed by atoms with Crippen molar-refractivity contribution in [2.45, 2.75) is 17.5 Å². The van der Waals surface area contributed by atoms with Crippen LogP contribution >= 0.6 is 0 Å². The molecule has 2 nitrogen and oxygen atoms in total. The lowest BCUT2D eigenvalue weighted by atomic mass is 10.4. The molecule has 0 saturated carbocycles. The number of hydrogen-bond donors (Lipinski definition) is 0. The van der Waals surface area contributed by atoms with E-state index in [1.54, 1.807) is 0 Å². The average molecular weight is 256 g/mol. The Balaban J connectivity index is 2.87. The standard InChI is InChI=1S/C9H8F4O2S/c10-7-2-1-3-8(6-7)16(14,15)5-4-9(11,12)13/h1-3,6H,4-5H2. The Morgan fingerprint density at radius 2 is 1.81 bits per heavy atom. The van der Waals surface area contributed by atoms with Gasteiger partial charge in [-0.3, -0.25) is 0 Å². The summed E-state index contributed by atoms with van der Waals surface area (Å²) in [6.45, 7) is 0. The third-order valence-corrected chi connectivity index (χ3v) is 3.52. The van der Waals surface area contributed by atoms with Gasteiger partial charge in [0.2, 0.25) is 0 Å². The zero-order chi connectivity index (χ0) is 12.4. The molecule has 1 aromatic rings. The zero-order valence-corrected chi connectivity index (χ0v) is 8.78. The molecule has 0 unspecified atom stereocenters. The van der Waals surface area contributed by atoms with Gasteiger partial charge in [-0.05, 0) is 18.2 Å². The van der Waals surface area contributed by atoms with Gasteiger partial charge in [-0.25, -0.2) is 12.8 Å². The molecule has 0 radical (unpaired) electrons. The molecule has 0 spiro atoms. The SMILES string of the molecule is O=S(=O)(CCC(F)(F)F)c1cccc(F)c1. The summed E-state index contributed by atoms with van der Waals surface area (Å²) in [6.07, 6.45) is -5.98. The number of rotatable bonds is 3. The molecule has 0 aliphatic rings. The number of alkyl halides is 3. The Morgan fingerprint density at radius 3 is 2.31 bits per heavy atom. The third-order valence-electron chi connectivity index (χ3n) is 1.81. The fraction of sp³-hybridized carbons (Fsp3) is 0.333. The van der Waals surface area contributed by atoms with E-state index in [2.05, 4.69) is 0 Å². The maximum absolute atomic E-state index is 12.7. The Labute approximate surface area is 89.8 Å². The summed E-state index contributed by atoms with van der Waals surface area (Å²) in [5.41, 5.74) is 0. The second kappa shape index (κ2) is 4.40. The molecular formula is C9H8F4O2S. The van der Waals surface area contributed by atoms with Gasteiger partial charge in [0.1, 0.15) is 5.82 Å². The average Bonchev–Trinajstić information content (AvgIpc) is 2.14. The summed E-state index contributed by atoms with van der Waals surface area (Å²) in [5.74, 6) is -1.87. The highest BCUT2D eigenvalue weighted by atomic mass is 32.2. The van der Waals surface area contributed by atoms with Crippen LogP contribution in [0.3, 0.4) is 0 Å². The number of halogens is 4. The van der Waals surface area contributed by atoms with E-state index in [0.717, 1.165) is 18.2 Å². The van der Waals surface area contributed by atoms with Crippen molar-refractivity contribution >= 4 is 9.84 Å². The van der Waals surface area contributed by atoms with Crippen molar-refractivity contribution in [2.75, 3.05) is 5.75 Å². The third kappa shape index (κ3) is 3.80. The summed E-state index contributed by atoms with van der Waals surface area (Å²) in [4.78, 5) is -0.434. The lowest BCUT2D eigenvalue weighted by Crippen LogP contribution is -2.16. The quantitative estimate of drug-likeness (QED) is 0.779. The maximum atomic E-state index is 12.7. The molecule has 7 heteroatoms. The van der Waals surface area contributed by atoms with Crippen LogP contribution in [-0.4, -0.2) is 20.3 Å². The molecule has 0 aliphatic heterocycles. The molecule has 1 rings (SSSR count). The van der Waals surface area contributed by atoms with Crippen molar-refractivity contribution in [3.63, 3.8) is 0 Å². The second-order valence-corrected chi connectivity index (χ2v) is 5.25. The second-order valence-electron chi connectivity index (χ2n) is 3.14. The van der Waals surface area contributed by atoms with E-state index >= 15 is 0 Å². The van der Waals surface area contributed by atoms with Crippen molar-refractivity contribution in [1.29, 1.82) is 0 Å². The van der Waals surface area contributed by atoms with Gasteiger partial charge in [0.15, 0.2) is 9.84 Å². The van der Waals surface area contributed by atoms with Crippen LogP contribution in [0.25, 0.3) is 0 Å². The molecule has 0 N–H and O–H groups in total. The van der Waals surface area contributed by atoms with Crippen LogP contribution < -0.4 is 0 Å². The minimum absolute atomic E-state index is 0.434. The molecule has 1 aromatic carbocycles. The lowest BCUT2D eigenvalue weighted by Gasteiger charge is -2.07. The Hall–Kier alpha value is -1.11. The summed E-state index contributed by atoms with van der Waals surface area (Å²) in [5, 5.41) is 0. The van der Waals surface area contributed by atoms with Crippen LogP contribution in [0.2, 0.25) is 0 Å². The Kier molecular flexibility index (Phi) is 3.57. The minimum atomic E-state index is -4.54. The molecule has 0 amide bonds. The fourth-order valence-electron chi connectivity index (χ4n) is 1.03. The predicted octanol–water partition coefficient (Wildman–Crippen LogP) is 2.55. The number of benzene rings is 1. The van der Waals surface area contributed by atoms with Gasteiger partial charge in [0.25, 0.3) is 0 Å². The largest absolute Gasteiger partial charge is 0.390 e. The molecule has 0 aliphatic carbocycles. The van der Waals surface area contributed by atoms with Crippen LogP contribution in [0.15, 0.2) is 29.2 Å². The Morgan fingerprint density at radius 1 is 1.19 bits per heavy atom. The van der Waals surface area contributed by atoms with E-state index in [-0.39, 0.29) is 0 Å². The van der Waals surface area contributed by atoms with Crippen LogP contribution in [0.1, 0.15) is 6.42 Å². The highest BCUT2D eigenvalue weighted by Gasteiger charge is 2.30. The van der Waals surface area contributed by atoms with Gasteiger partial charge in [-0.2, -0.15) is 13.2 Å². The summed E-state index contributed by atoms with van der Waals surface area (Å²) >= 11 is 0. The van der Waals surface area contributed by atoms with E-state index in [4.69, 9.17) is 0 Å². The summed E-state index contributed by atoms with van der Waals surface area (Å²) in [6, 6.07) is 3.92. The highest BCUT2D eigenvalue weighted by Crippen LogP contribution is 2.22. The molecule has 0 fully saturated rings. The van der Waals surface area contributed by atoms with Crippen LogP contribution in [0.5, 0.6) is 0 Å². The van der Waals surface area contributed by atoms with Gasteiger partial charge in [0.05, 0.1) is 17.1 Å². The van der Waals surface area contributed by atoms with Crippen molar-refractivity contribution < 1.29 is 26.0 Å². The normalized spacial score (nSPS) is 12.8. The van der Waals surface area contributed by atoms with Crippen molar-refractivity contribution in [3.05, 3.63) is 30.1 Å². The molecule has 0 saturated heterocycles. The van der Waals surface area contributed by atoms with Crippen LogP contribution in [0, 0.1) is 5.82 Å². The highest BCUT2D eigenvalue weighted by molar-refractivity contribution is 7.91. The van der Waals surface area contributed by atoms with Gasteiger partial charge < -0.3 is 0 Å². The van der Waals surface area contributed by atoms with E-state index in [1.165, 1.54) is 0 Å². The molecule has 0 atom stereocenters. The van der Waals surface area contributed by atoms with E-state index < -0.39 is 38.9 Å². The zero-order valence-electron chi connectivity index (χ0n) is 7.96. The fourth-order valence-corrected chi connectivity index (χ4v) is 2.34. The molecular weight excluding hydrogens is 248 g/mol. The number of sulfone groups is 1. The maximum Gasteiger partial charge on any atom is 0.390 e. The van der Waals surface area contributed by atoms with Crippen LogP contribution in [0.4, 0.5) is 17.6 Å². The summed E-state index contributed by atoms with van der Waals surface area (Å²) in [7, 11) is -4.08. The Bertz CT molecular complexity index is 465. The molecule has 0 heterocycles. The minimum Gasteiger partial charge on any atom is -0.224 e. The smallest absolute Gasteiger partial charge is 0.224 e. The molecule has 90 valence electrons. The van der Waals surface area contributed by atoms with Crippen LogP contribution in [-0.2, 0) is 9.84 Å². The van der Waals surface area contributed by atoms with Crippen molar-refractivity contribution in [1.82, 2.24) is 0 Å². The first-order chi connectivity index (χ1) is 7.21. The lowest BCUT2D eigenvalue weighted by molar-refractivity contribution is -0.129. The van der Waals surface area contributed by atoms with Gasteiger partial charge >= 0.3 is 6.18 Å². The summed E-state index contributed by atoms with van der Waals surface area (Å²) < 4.78 is 70.9. The van der Waals surface area contributed by atoms with E-state index in [0.29, 0.717) is 6.07 Å². The first-order valence-electron chi connectivity index (χ1n) is 4.26. The monoisotopic (exact) mass is 256 g/mol. The molecule has 0 aromatic heterocycles.